The molecule has 2 aromatic rings. The molecule has 0 bridgehead atoms. The summed E-state index contributed by atoms with van der Waals surface area (Å²) in [7, 11) is 0. The van der Waals surface area contributed by atoms with Crippen molar-refractivity contribution in [2.75, 3.05) is 0 Å². The lowest BCUT2D eigenvalue weighted by molar-refractivity contribution is 0.519. The molecule has 0 N–H and O–H groups in total. The van der Waals surface area contributed by atoms with Crippen LogP contribution in [0.3, 0.4) is 0 Å². The topological polar surface area (TPSA) is 0 Å². The molecule has 0 nitrogen and oxygen atoms in total. The highest BCUT2D eigenvalue weighted by Gasteiger charge is 2.37. The molecule has 1 aliphatic carbocycles. The average Bonchev–Trinajstić information content (AvgIpc) is 2.64. The van der Waals surface area contributed by atoms with Crippen molar-refractivity contribution >= 4 is 0 Å². The first-order valence-corrected chi connectivity index (χ1v) is 8.83. The smallest absolute Gasteiger partial charge is 0.127 e. The van der Waals surface area contributed by atoms with Crippen LogP contribution in [-0.4, -0.2) is 0 Å². The number of hydrogen-bond donors (Lipinski definition) is 0. The van der Waals surface area contributed by atoms with Crippen LogP contribution in [0.25, 0.3) is 11.1 Å². The Kier molecular flexibility index (Phi) is 3.54. The lowest BCUT2D eigenvalue weighted by Crippen LogP contribution is -2.18. The summed E-state index contributed by atoms with van der Waals surface area (Å²) < 4.78 is 14.8. The van der Waals surface area contributed by atoms with E-state index in [-0.39, 0.29) is 22.1 Å². The maximum Gasteiger partial charge on any atom is 0.127 e. The zero-order chi connectivity index (χ0) is 18.1. The summed E-state index contributed by atoms with van der Waals surface area (Å²) >= 11 is 0. The minimum absolute atomic E-state index is 0.0850. The van der Waals surface area contributed by atoms with Gasteiger partial charge in [-0.1, -0.05) is 73.6 Å². The van der Waals surface area contributed by atoms with E-state index < -0.39 is 0 Å². The molecular formula is C23H29F. The minimum Gasteiger partial charge on any atom is -0.207 e. The zero-order valence-corrected chi connectivity index (χ0v) is 16.3. The fourth-order valence-electron chi connectivity index (χ4n) is 3.81. The highest BCUT2D eigenvalue weighted by atomic mass is 19.1. The number of halogens is 1. The van der Waals surface area contributed by atoms with E-state index in [4.69, 9.17) is 0 Å². The van der Waals surface area contributed by atoms with Crippen molar-refractivity contribution in [2.45, 2.75) is 71.6 Å². The Bertz CT molecular complexity index is 811. The molecule has 0 heterocycles. The summed E-state index contributed by atoms with van der Waals surface area (Å²) in [5.74, 6) is -0.0850. The minimum atomic E-state index is -0.201. The van der Waals surface area contributed by atoms with Crippen LogP contribution in [0.2, 0.25) is 0 Å². The fourth-order valence-corrected chi connectivity index (χ4v) is 3.81. The lowest BCUT2D eigenvalue weighted by atomic mass is 9.79. The molecule has 1 aliphatic rings. The lowest BCUT2D eigenvalue weighted by Gasteiger charge is -2.24. The van der Waals surface area contributed by atoms with Crippen molar-refractivity contribution < 1.29 is 4.39 Å². The van der Waals surface area contributed by atoms with E-state index in [2.05, 4.69) is 79.7 Å². The Hall–Kier alpha value is -1.63. The third-order valence-corrected chi connectivity index (χ3v) is 5.44. The maximum absolute atomic E-state index is 14.8. The second-order valence-electron chi connectivity index (χ2n) is 9.76. The summed E-state index contributed by atoms with van der Waals surface area (Å²) in [5, 5.41) is 0. The summed E-state index contributed by atoms with van der Waals surface area (Å²) in [6, 6.07) is 10.6. The molecule has 0 amide bonds. The van der Waals surface area contributed by atoms with Gasteiger partial charge in [0.2, 0.25) is 0 Å². The summed E-state index contributed by atoms with van der Waals surface area (Å²) in [6.45, 7) is 17.3. The second kappa shape index (κ2) is 4.94. The summed E-state index contributed by atoms with van der Waals surface area (Å²) in [5.41, 5.74) is 6.75. The van der Waals surface area contributed by atoms with Gasteiger partial charge in [-0.25, -0.2) is 4.39 Å². The molecule has 0 unspecified atom stereocenters. The molecule has 0 atom stereocenters. The van der Waals surface area contributed by atoms with E-state index in [1.165, 1.54) is 22.3 Å². The highest BCUT2D eigenvalue weighted by Crippen LogP contribution is 2.51. The van der Waals surface area contributed by atoms with Crippen molar-refractivity contribution in [3.8, 4) is 11.1 Å². The van der Waals surface area contributed by atoms with Crippen LogP contribution in [0.15, 0.2) is 30.3 Å². The molecule has 24 heavy (non-hydrogen) atoms. The molecule has 128 valence electrons. The first-order valence-electron chi connectivity index (χ1n) is 8.83. The number of fused-ring (bicyclic) bond motifs is 3. The van der Waals surface area contributed by atoms with Gasteiger partial charge in [0.15, 0.2) is 0 Å². The predicted octanol–water partition coefficient (Wildman–Crippen LogP) is 6.73. The van der Waals surface area contributed by atoms with E-state index in [9.17, 15) is 4.39 Å². The summed E-state index contributed by atoms with van der Waals surface area (Å²) in [6.07, 6.45) is 0. The molecule has 0 spiro atoms. The Morgan fingerprint density at radius 2 is 1.33 bits per heavy atom. The SMILES string of the molecule is CC(C)(C)c1ccc2c(c1)-c1cc(C(C)(C)C)c(F)cc1C2(C)C. The van der Waals surface area contributed by atoms with Gasteiger partial charge in [-0.15, -0.1) is 0 Å². The Morgan fingerprint density at radius 3 is 1.88 bits per heavy atom. The molecule has 3 rings (SSSR count). The van der Waals surface area contributed by atoms with Gasteiger partial charge in [-0.05, 0) is 56.3 Å². The third kappa shape index (κ3) is 2.49. The van der Waals surface area contributed by atoms with Gasteiger partial charge in [0, 0.05) is 5.41 Å². The predicted molar refractivity (Wildman–Crippen MR) is 101 cm³/mol. The third-order valence-electron chi connectivity index (χ3n) is 5.44. The standard InChI is InChI=1S/C23H29F/c1-21(2,3)14-9-10-17-15(11-14)16-12-19(22(4,5)6)20(24)13-18(16)23(17,7)8/h9-13H,1-8H3. The quantitative estimate of drug-likeness (QED) is 0.504. The van der Waals surface area contributed by atoms with Gasteiger partial charge >= 0.3 is 0 Å². The van der Waals surface area contributed by atoms with Crippen molar-refractivity contribution in [3.63, 3.8) is 0 Å². The molecule has 1 heteroatoms. The van der Waals surface area contributed by atoms with Gasteiger partial charge < -0.3 is 0 Å². The van der Waals surface area contributed by atoms with E-state index in [0.29, 0.717) is 0 Å². The second-order valence-corrected chi connectivity index (χ2v) is 9.76. The highest BCUT2D eigenvalue weighted by molar-refractivity contribution is 5.82. The van der Waals surface area contributed by atoms with E-state index >= 15 is 0 Å². The molecule has 0 saturated carbocycles. The monoisotopic (exact) mass is 324 g/mol. The van der Waals surface area contributed by atoms with Crippen LogP contribution < -0.4 is 0 Å². The summed E-state index contributed by atoms with van der Waals surface area (Å²) in [4.78, 5) is 0. The van der Waals surface area contributed by atoms with Crippen LogP contribution in [-0.2, 0) is 16.2 Å². The fraction of sp³-hybridized carbons (Fsp3) is 0.478. The van der Waals surface area contributed by atoms with Crippen LogP contribution in [0.1, 0.15) is 77.6 Å². The Labute approximate surface area is 146 Å². The van der Waals surface area contributed by atoms with E-state index in [1.54, 1.807) is 6.07 Å². The molecule has 0 fully saturated rings. The van der Waals surface area contributed by atoms with Gasteiger partial charge in [0.05, 0.1) is 0 Å². The van der Waals surface area contributed by atoms with Crippen molar-refractivity contribution in [2.24, 2.45) is 0 Å². The first kappa shape index (κ1) is 17.2. The maximum atomic E-state index is 14.8. The first-order chi connectivity index (χ1) is 10.8. The van der Waals surface area contributed by atoms with Gasteiger partial charge in [-0.2, -0.15) is 0 Å². The van der Waals surface area contributed by atoms with Gasteiger partial charge in [-0.3, -0.25) is 0 Å². The van der Waals surface area contributed by atoms with Crippen LogP contribution >= 0.6 is 0 Å². The Morgan fingerprint density at radius 1 is 0.750 bits per heavy atom. The van der Waals surface area contributed by atoms with Crippen molar-refractivity contribution in [1.82, 2.24) is 0 Å². The van der Waals surface area contributed by atoms with Crippen molar-refractivity contribution in [3.05, 3.63) is 58.4 Å². The van der Waals surface area contributed by atoms with Gasteiger partial charge in [0.1, 0.15) is 5.82 Å². The van der Waals surface area contributed by atoms with Crippen LogP contribution in [0, 0.1) is 5.82 Å². The molecular weight excluding hydrogens is 295 g/mol. The Balaban J connectivity index is 2.32. The number of rotatable bonds is 0. The van der Waals surface area contributed by atoms with E-state index in [0.717, 1.165) is 11.1 Å². The number of benzene rings is 2. The number of hydrogen-bond acceptors (Lipinski definition) is 0. The molecule has 2 aromatic carbocycles. The van der Waals surface area contributed by atoms with Gasteiger partial charge in [0.25, 0.3) is 0 Å². The molecule has 0 aromatic heterocycles. The van der Waals surface area contributed by atoms with E-state index in [1.807, 2.05) is 0 Å². The molecule has 0 aliphatic heterocycles. The average molecular weight is 324 g/mol. The van der Waals surface area contributed by atoms with Crippen molar-refractivity contribution in [1.29, 1.82) is 0 Å². The van der Waals surface area contributed by atoms with Crippen LogP contribution in [0.5, 0.6) is 0 Å². The normalized spacial score (nSPS) is 16.0. The van der Waals surface area contributed by atoms with Crippen LogP contribution in [0.4, 0.5) is 4.39 Å². The zero-order valence-electron chi connectivity index (χ0n) is 16.3. The molecule has 0 radical (unpaired) electrons. The largest absolute Gasteiger partial charge is 0.207 e. The molecule has 0 saturated heterocycles.